The van der Waals surface area contributed by atoms with Crippen LogP contribution in [0.2, 0.25) is 0 Å². The van der Waals surface area contributed by atoms with Crippen molar-refractivity contribution in [3.8, 4) is 5.75 Å². The standard InChI is InChI=1S/C23H32N4O3/c1-18(2)30-22-8-4-3-6-19(22)16-25-9-5-7-20(17-25)27-23(28)14-21(15-24-27)26-10-12-29-13-11-26/h3-4,6,8,14-15,18,20H,5,7,9-13,16-17H2,1-2H3/t20-/m0/s1. The Morgan fingerprint density at radius 3 is 2.77 bits per heavy atom. The lowest BCUT2D eigenvalue weighted by atomic mass is 10.0. The minimum absolute atomic E-state index is 0.0191. The van der Waals surface area contributed by atoms with E-state index in [1.807, 2.05) is 32.2 Å². The summed E-state index contributed by atoms with van der Waals surface area (Å²) in [7, 11) is 0. The highest BCUT2D eigenvalue weighted by Gasteiger charge is 2.24. The summed E-state index contributed by atoms with van der Waals surface area (Å²) < 4.78 is 13.1. The number of likely N-dealkylation sites (tertiary alicyclic amines) is 1. The van der Waals surface area contributed by atoms with Gasteiger partial charge in [0.05, 0.1) is 37.2 Å². The Hall–Kier alpha value is -2.38. The molecule has 0 saturated carbocycles. The highest BCUT2D eigenvalue weighted by Crippen LogP contribution is 2.26. The van der Waals surface area contributed by atoms with Gasteiger partial charge in [0.2, 0.25) is 0 Å². The first kappa shape index (κ1) is 20.9. The number of hydrogen-bond acceptors (Lipinski definition) is 6. The Labute approximate surface area is 178 Å². The highest BCUT2D eigenvalue weighted by molar-refractivity contribution is 5.43. The van der Waals surface area contributed by atoms with Crippen LogP contribution in [-0.4, -0.2) is 60.2 Å². The van der Waals surface area contributed by atoms with Crippen LogP contribution in [0.15, 0.2) is 41.3 Å². The molecule has 1 aromatic carbocycles. The molecule has 0 aliphatic carbocycles. The van der Waals surface area contributed by atoms with Gasteiger partial charge in [0, 0.05) is 37.8 Å². The smallest absolute Gasteiger partial charge is 0.269 e. The Morgan fingerprint density at radius 1 is 1.20 bits per heavy atom. The Morgan fingerprint density at radius 2 is 2.00 bits per heavy atom. The number of aromatic nitrogens is 2. The van der Waals surface area contributed by atoms with Crippen LogP contribution in [0.1, 0.15) is 38.3 Å². The van der Waals surface area contributed by atoms with Gasteiger partial charge in [0.1, 0.15) is 5.75 Å². The maximum atomic E-state index is 12.8. The van der Waals surface area contributed by atoms with Crippen LogP contribution in [0.3, 0.4) is 0 Å². The first-order chi connectivity index (χ1) is 14.6. The molecule has 7 heteroatoms. The zero-order valence-corrected chi connectivity index (χ0v) is 18.0. The van der Waals surface area contributed by atoms with Gasteiger partial charge >= 0.3 is 0 Å². The van der Waals surface area contributed by atoms with Gasteiger partial charge in [-0.3, -0.25) is 9.69 Å². The number of hydrogen-bond donors (Lipinski definition) is 0. The van der Waals surface area contributed by atoms with E-state index in [1.54, 1.807) is 10.7 Å². The van der Waals surface area contributed by atoms with Crippen molar-refractivity contribution in [1.82, 2.24) is 14.7 Å². The van der Waals surface area contributed by atoms with Crippen molar-refractivity contribution in [3.63, 3.8) is 0 Å². The third kappa shape index (κ3) is 5.02. The largest absolute Gasteiger partial charge is 0.491 e. The molecule has 1 atom stereocenters. The van der Waals surface area contributed by atoms with Crippen molar-refractivity contribution in [1.29, 1.82) is 0 Å². The van der Waals surface area contributed by atoms with E-state index in [9.17, 15) is 4.79 Å². The van der Waals surface area contributed by atoms with Crippen LogP contribution in [0.5, 0.6) is 5.75 Å². The van der Waals surface area contributed by atoms with Crippen molar-refractivity contribution in [2.75, 3.05) is 44.3 Å². The first-order valence-electron chi connectivity index (χ1n) is 11.0. The summed E-state index contributed by atoms with van der Waals surface area (Å²) in [4.78, 5) is 17.4. The molecule has 30 heavy (non-hydrogen) atoms. The van der Waals surface area contributed by atoms with Gasteiger partial charge in [-0.1, -0.05) is 18.2 Å². The topological polar surface area (TPSA) is 59.8 Å². The van der Waals surface area contributed by atoms with Crippen LogP contribution >= 0.6 is 0 Å². The molecule has 2 aliphatic rings. The number of piperidine rings is 1. The Kier molecular flexibility index (Phi) is 6.69. The zero-order chi connectivity index (χ0) is 20.9. The molecular weight excluding hydrogens is 380 g/mol. The molecule has 2 saturated heterocycles. The number of morpholine rings is 1. The van der Waals surface area contributed by atoms with Crippen LogP contribution < -0.4 is 15.2 Å². The molecule has 3 heterocycles. The van der Waals surface area contributed by atoms with Gasteiger partial charge in [-0.05, 0) is 39.3 Å². The normalized spacial score (nSPS) is 20.5. The molecule has 0 radical (unpaired) electrons. The number of para-hydroxylation sites is 1. The second-order valence-corrected chi connectivity index (χ2v) is 8.40. The van der Waals surface area contributed by atoms with E-state index >= 15 is 0 Å². The van der Waals surface area contributed by atoms with E-state index < -0.39 is 0 Å². The van der Waals surface area contributed by atoms with Gasteiger partial charge in [-0.2, -0.15) is 5.10 Å². The van der Waals surface area contributed by atoms with Crippen molar-refractivity contribution < 1.29 is 9.47 Å². The van der Waals surface area contributed by atoms with Crippen molar-refractivity contribution in [3.05, 3.63) is 52.4 Å². The number of benzene rings is 1. The molecule has 0 amide bonds. The van der Waals surface area contributed by atoms with Gasteiger partial charge in [-0.25, -0.2) is 4.68 Å². The molecule has 0 spiro atoms. The van der Waals surface area contributed by atoms with E-state index in [-0.39, 0.29) is 17.7 Å². The van der Waals surface area contributed by atoms with E-state index in [1.165, 1.54) is 5.56 Å². The average Bonchev–Trinajstić information content (AvgIpc) is 2.75. The maximum absolute atomic E-state index is 12.8. The van der Waals surface area contributed by atoms with Crippen molar-refractivity contribution in [2.45, 2.75) is 45.4 Å². The lowest BCUT2D eigenvalue weighted by Gasteiger charge is -2.34. The molecule has 0 N–H and O–H groups in total. The van der Waals surface area contributed by atoms with Crippen LogP contribution in [0, 0.1) is 0 Å². The summed E-state index contributed by atoms with van der Waals surface area (Å²) in [5.74, 6) is 0.944. The number of anilines is 1. The lowest BCUT2D eigenvalue weighted by Crippen LogP contribution is -2.41. The van der Waals surface area contributed by atoms with Crippen LogP contribution in [-0.2, 0) is 11.3 Å². The first-order valence-corrected chi connectivity index (χ1v) is 11.0. The van der Waals surface area contributed by atoms with Gasteiger partial charge in [0.25, 0.3) is 5.56 Å². The minimum Gasteiger partial charge on any atom is -0.491 e. The molecule has 4 rings (SSSR count). The fourth-order valence-electron chi connectivity index (χ4n) is 4.30. The minimum atomic E-state index is -0.0191. The van der Waals surface area contributed by atoms with Gasteiger partial charge in [0.15, 0.2) is 0 Å². The predicted octanol–water partition coefficient (Wildman–Crippen LogP) is 2.70. The molecule has 2 fully saturated rings. The predicted molar refractivity (Wildman–Crippen MR) is 117 cm³/mol. The van der Waals surface area contributed by atoms with Crippen molar-refractivity contribution in [2.24, 2.45) is 0 Å². The third-order valence-corrected chi connectivity index (χ3v) is 5.74. The molecule has 1 aromatic heterocycles. The number of rotatable bonds is 6. The molecule has 0 bridgehead atoms. The molecular formula is C23H32N4O3. The second-order valence-electron chi connectivity index (χ2n) is 8.40. The Bertz CT molecular complexity index is 892. The quantitative estimate of drug-likeness (QED) is 0.727. The third-order valence-electron chi connectivity index (χ3n) is 5.74. The summed E-state index contributed by atoms with van der Waals surface area (Å²) >= 11 is 0. The second kappa shape index (κ2) is 9.62. The molecule has 162 valence electrons. The molecule has 2 aliphatic heterocycles. The molecule has 7 nitrogen and oxygen atoms in total. The van der Waals surface area contributed by atoms with E-state index in [2.05, 4.69) is 27.0 Å². The highest BCUT2D eigenvalue weighted by atomic mass is 16.5. The number of nitrogens with zero attached hydrogens (tertiary/aromatic N) is 4. The van der Waals surface area contributed by atoms with Gasteiger partial charge in [-0.15, -0.1) is 0 Å². The van der Waals surface area contributed by atoms with Crippen LogP contribution in [0.4, 0.5) is 5.69 Å². The molecule has 0 unspecified atom stereocenters. The van der Waals surface area contributed by atoms with Crippen LogP contribution in [0.25, 0.3) is 0 Å². The summed E-state index contributed by atoms with van der Waals surface area (Å²) in [5, 5.41) is 4.55. The van der Waals surface area contributed by atoms with E-state index in [4.69, 9.17) is 9.47 Å². The summed E-state index contributed by atoms with van der Waals surface area (Å²) in [6.07, 6.45) is 4.01. The average molecular weight is 413 g/mol. The van der Waals surface area contributed by atoms with Gasteiger partial charge < -0.3 is 14.4 Å². The SMILES string of the molecule is CC(C)Oc1ccccc1CN1CCC[C@H](n2ncc(N3CCOCC3)cc2=O)C1. The fraction of sp³-hybridized carbons (Fsp3) is 0.565. The summed E-state index contributed by atoms with van der Waals surface area (Å²) in [6, 6.07) is 10.1. The van der Waals surface area contributed by atoms with E-state index in [0.717, 1.165) is 57.0 Å². The monoisotopic (exact) mass is 412 g/mol. The molecule has 2 aromatic rings. The summed E-state index contributed by atoms with van der Waals surface area (Å²) in [5.41, 5.74) is 2.07. The van der Waals surface area contributed by atoms with Crippen molar-refractivity contribution >= 4 is 5.69 Å². The maximum Gasteiger partial charge on any atom is 0.269 e. The zero-order valence-electron chi connectivity index (χ0n) is 18.0. The fourth-order valence-corrected chi connectivity index (χ4v) is 4.30. The number of ether oxygens (including phenoxy) is 2. The van der Waals surface area contributed by atoms with E-state index in [0.29, 0.717) is 13.2 Å². The summed E-state index contributed by atoms with van der Waals surface area (Å²) in [6.45, 7) is 9.76. The Balaban J connectivity index is 1.45. The lowest BCUT2D eigenvalue weighted by molar-refractivity contribution is 0.122.